The van der Waals surface area contributed by atoms with Gasteiger partial charge in [-0.1, -0.05) is 24.3 Å². The van der Waals surface area contributed by atoms with E-state index in [1.807, 2.05) is 12.1 Å². The van der Waals surface area contributed by atoms with Crippen LogP contribution in [0.1, 0.15) is 76.2 Å². The second-order valence-corrected chi connectivity index (χ2v) is 18.7. The molecule has 3 aromatic carbocycles. The zero-order valence-corrected chi connectivity index (χ0v) is 41.8. The van der Waals surface area contributed by atoms with Crippen molar-refractivity contribution in [1.29, 1.82) is 5.26 Å². The fourth-order valence-electron chi connectivity index (χ4n) is 8.89. The Hall–Kier alpha value is -6.68. The van der Waals surface area contributed by atoms with Crippen molar-refractivity contribution in [2.75, 3.05) is 94.0 Å². The largest absolute Gasteiger partial charge is 0.417 e. The van der Waals surface area contributed by atoms with E-state index in [2.05, 4.69) is 43.0 Å². The molecule has 3 aliphatic heterocycles. The first-order valence-electron chi connectivity index (χ1n) is 24.2. The monoisotopic (exact) mass is 1050 g/mol. The van der Waals surface area contributed by atoms with Crippen molar-refractivity contribution in [3.05, 3.63) is 112 Å². The van der Waals surface area contributed by atoms with Gasteiger partial charge in [0.05, 0.1) is 80.6 Å². The number of piperidine rings is 1. The number of halogens is 4. The number of nitrogens with one attached hydrogen (secondary N) is 3. The highest BCUT2D eigenvalue weighted by molar-refractivity contribution is 7.81. The molecule has 2 fully saturated rings. The fourth-order valence-corrected chi connectivity index (χ4v) is 9.42. The third-order valence-electron chi connectivity index (χ3n) is 12.8. The molecule has 1 atom stereocenters. The molecule has 23 heteroatoms. The standard InChI is InChI=1S/C51H58F4N10O8S/c1-50(2)48(70)64(37-8-7-34(28-56)41(25-37)51(53,54)55)49(74)65(50)38-9-10-40(42(52)26-38)46(68)57-15-20-72-22-24-73-23-21-71-19-14-45(67)63-17-12-36(13-18-63)61-44-27-43(59-32-60-44)47(69)58-29-39(66)31-62-16-11-33-5-3-4-6-35(33)30-62/h3-10,25-27,32,36,39,66H,11-24,29-31H2,1-2H3,(H,57,68)(H,58,69)(H,59,60,61)/t39-/m0/s1. The Balaban J connectivity index is 0.716. The van der Waals surface area contributed by atoms with Crippen molar-refractivity contribution in [2.24, 2.45) is 0 Å². The first kappa shape index (κ1) is 55.1. The van der Waals surface area contributed by atoms with E-state index in [0.717, 1.165) is 36.5 Å². The Morgan fingerprint density at radius 2 is 1.58 bits per heavy atom. The number of hydrogen-bond donors (Lipinski definition) is 4. The molecule has 0 spiro atoms. The zero-order chi connectivity index (χ0) is 53.0. The summed E-state index contributed by atoms with van der Waals surface area (Å²) in [6, 6.07) is 17.8. The molecule has 4 heterocycles. The van der Waals surface area contributed by atoms with Gasteiger partial charge in [-0.2, -0.15) is 18.4 Å². The maximum Gasteiger partial charge on any atom is 0.417 e. The van der Waals surface area contributed by atoms with Crippen LogP contribution in [0, 0.1) is 17.1 Å². The van der Waals surface area contributed by atoms with Gasteiger partial charge in [0.25, 0.3) is 17.7 Å². The number of carbonyl (C=O) groups excluding carboxylic acids is 4. The lowest BCUT2D eigenvalue weighted by molar-refractivity contribution is -0.138. The minimum absolute atomic E-state index is 0.0178. The van der Waals surface area contributed by atoms with Crippen LogP contribution in [0.3, 0.4) is 0 Å². The van der Waals surface area contributed by atoms with Gasteiger partial charge in [0.1, 0.15) is 29.2 Å². The normalized spacial score (nSPS) is 16.4. The van der Waals surface area contributed by atoms with Crippen LogP contribution in [0.5, 0.6) is 0 Å². The number of thiocarbonyl (C=S) groups is 1. The topological polar surface area (TPSA) is 215 Å². The highest BCUT2D eigenvalue weighted by Crippen LogP contribution is 2.40. The maximum atomic E-state index is 15.4. The maximum absolute atomic E-state index is 15.4. The van der Waals surface area contributed by atoms with Gasteiger partial charge in [0.2, 0.25) is 5.91 Å². The average molecular weight is 1050 g/mol. The first-order valence-corrected chi connectivity index (χ1v) is 24.6. The number of aliphatic hydroxyl groups excluding tert-OH is 1. The van der Waals surface area contributed by atoms with Gasteiger partial charge in [-0.3, -0.25) is 29.0 Å². The molecule has 1 aromatic heterocycles. The number of likely N-dealkylation sites (tertiary alicyclic amines) is 1. The highest BCUT2D eigenvalue weighted by atomic mass is 32.1. The van der Waals surface area contributed by atoms with Crippen molar-refractivity contribution >= 4 is 58.2 Å². The Labute approximate surface area is 430 Å². The molecular weight excluding hydrogens is 989 g/mol. The number of nitriles is 1. The van der Waals surface area contributed by atoms with Crippen LogP contribution in [0.25, 0.3) is 0 Å². The summed E-state index contributed by atoms with van der Waals surface area (Å²) < 4.78 is 73.1. The number of fused-ring (bicyclic) bond motifs is 1. The smallest absolute Gasteiger partial charge is 0.390 e. The molecule has 0 aliphatic carbocycles. The molecule has 3 aliphatic rings. The Morgan fingerprint density at radius 1 is 0.892 bits per heavy atom. The van der Waals surface area contributed by atoms with Gasteiger partial charge >= 0.3 is 6.18 Å². The van der Waals surface area contributed by atoms with Gasteiger partial charge in [-0.25, -0.2) is 14.4 Å². The summed E-state index contributed by atoms with van der Waals surface area (Å²) in [6.45, 7) is 7.56. The predicted octanol–water partition coefficient (Wildman–Crippen LogP) is 4.84. The quantitative estimate of drug-likeness (QED) is 0.0471. The van der Waals surface area contributed by atoms with E-state index in [-0.39, 0.29) is 98.8 Å². The molecule has 0 saturated carbocycles. The van der Waals surface area contributed by atoms with Gasteiger partial charge in [-0.15, -0.1) is 0 Å². The summed E-state index contributed by atoms with van der Waals surface area (Å²) in [4.78, 5) is 66.6. The van der Waals surface area contributed by atoms with Crippen LogP contribution < -0.4 is 25.8 Å². The molecule has 7 rings (SSSR count). The third kappa shape index (κ3) is 13.9. The minimum atomic E-state index is -4.87. The van der Waals surface area contributed by atoms with E-state index in [1.54, 1.807) is 11.0 Å². The van der Waals surface area contributed by atoms with Crippen molar-refractivity contribution < 1.29 is 56.1 Å². The number of rotatable bonds is 22. The lowest BCUT2D eigenvalue weighted by Gasteiger charge is -2.32. The number of amides is 4. The Kier molecular flexibility index (Phi) is 18.6. The summed E-state index contributed by atoms with van der Waals surface area (Å²) >= 11 is 5.51. The van der Waals surface area contributed by atoms with Crippen molar-refractivity contribution in [3.63, 3.8) is 0 Å². The summed E-state index contributed by atoms with van der Waals surface area (Å²) in [5, 5.41) is 28.3. The number of aromatic nitrogens is 2. The molecule has 4 aromatic rings. The van der Waals surface area contributed by atoms with Crippen molar-refractivity contribution in [2.45, 2.75) is 69.9 Å². The summed E-state index contributed by atoms with van der Waals surface area (Å²) in [6.07, 6.45) is -1.77. The molecule has 394 valence electrons. The van der Waals surface area contributed by atoms with Crippen molar-refractivity contribution in [1.82, 2.24) is 30.4 Å². The number of aliphatic hydroxyl groups is 1. The van der Waals surface area contributed by atoms with Crippen molar-refractivity contribution in [3.8, 4) is 6.07 Å². The Bertz CT molecular complexity index is 2720. The SMILES string of the molecule is CC1(C)C(=O)N(c2ccc(C#N)c(C(F)(F)F)c2)C(=S)N1c1ccc(C(=O)NCCOCCOCCOCCC(=O)N2CCC(Nc3cc(C(=O)NC[C@H](O)CN4CCc5ccccc5C4)ncn3)CC2)c(F)c1. The molecule has 0 radical (unpaired) electrons. The first-order chi connectivity index (χ1) is 35.4. The van der Waals surface area contributed by atoms with Gasteiger partial charge in [-0.05, 0) is 92.9 Å². The number of anilines is 3. The third-order valence-corrected chi connectivity index (χ3v) is 13.2. The second kappa shape index (κ2) is 25.0. The zero-order valence-electron chi connectivity index (χ0n) is 41.0. The van der Waals surface area contributed by atoms with Crippen LogP contribution in [0.15, 0.2) is 73.1 Å². The van der Waals surface area contributed by atoms with Crippen LogP contribution in [-0.4, -0.2) is 150 Å². The number of β-amino-alcohol motifs (C(OH)–C–C–N with tert-alkyl or cyclic N) is 1. The number of ether oxygens (including phenoxy) is 3. The molecule has 2 saturated heterocycles. The number of carbonyl (C=O) groups is 4. The number of alkyl halides is 3. The van der Waals surface area contributed by atoms with E-state index < -0.39 is 52.5 Å². The van der Waals surface area contributed by atoms with Gasteiger partial charge in [0.15, 0.2) is 5.11 Å². The number of hydrogen-bond acceptors (Lipinski definition) is 14. The number of benzene rings is 3. The molecule has 0 bridgehead atoms. The average Bonchev–Trinajstić information content (AvgIpc) is 3.56. The number of nitrogens with zero attached hydrogens (tertiary/aromatic N) is 7. The molecule has 74 heavy (non-hydrogen) atoms. The van der Waals surface area contributed by atoms with Gasteiger partial charge in [0, 0.05) is 63.6 Å². The fraction of sp³-hybridized carbons (Fsp3) is 0.451. The van der Waals surface area contributed by atoms with E-state index in [9.17, 15) is 42.7 Å². The van der Waals surface area contributed by atoms with Crippen LogP contribution in [-0.2, 0) is 42.9 Å². The molecule has 0 unspecified atom stereocenters. The second-order valence-electron chi connectivity index (χ2n) is 18.4. The van der Waals surface area contributed by atoms with Crippen LogP contribution in [0.4, 0.5) is 34.8 Å². The molecular formula is C51H58F4N10O8S. The lowest BCUT2D eigenvalue weighted by atomic mass is 10.00. The summed E-state index contributed by atoms with van der Waals surface area (Å²) in [5.74, 6) is -2.26. The molecule has 4 N–H and O–H groups in total. The minimum Gasteiger partial charge on any atom is -0.390 e. The van der Waals surface area contributed by atoms with E-state index >= 15 is 4.39 Å². The van der Waals surface area contributed by atoms with Gasteiger partial charge < -0.3 is 45.1 Å². The van der Waals surface area contributed by atoms with Crippen LogP contribution in [0.2, 0.25) is 0 Å². The van der Waals surface area contributed by atoms with Crippen LogP contribution >= 0.6 is 12.2 Å². The lowest BCUT2D eigenvalue weighted by Crippen LogP contribution is -2.44. The summed E-state index contributed by atoms with van der Waals surface area (Å²) in [7, 11) is 0. The van der Waals surface area contributed by atoms with E-state index in [4.69, 9.17) is 26.4 Å². The molecule has 4 amide bonds. The van der Waals surface area contributed by atoms with E-state index in [0.29, 0.717) is 44.4 Å². The predicted molar refractivity (Wildman–Crippen MR) is 268 cm³/mol. The summed E-state index contributed by atoms with van der Waals surface area (Å²) in [5.41, 5.74) is -0.966. The molecule has 18 nitrogen and oxygen atoms in total. The Morgan fingerprint density at radius 3 is 2.28 bits per heavy atom. The van der Waals surface area contributed by atoms with E-state index in [1.165, 1.54) is 60.5 Å². The highest BCUT2D eigenvalue weighted by Gasteiger charge is 2.51.